The molecule has 0 bridgehead atoms. The number of carbonyl (C=O) groups is 1. The predicted molar refractivity (Wildman–Crippen MR) is 148 cm³/mol. The van der Waals surface area contributed by atoms with E-state index in [1.807, 2.05) is 30.3 Å². The van der Waals surface area contributed by atoms with Crippen LogP contribution in [0.25, 0.3) is 11.1 Å². The highest BCUT2D eigenvalue weighted by Gasteiger charge is 2.14. The van der Waals surface area contributed by atoms with Crippen LogP contribution in [0.4, 0.5) is 0 Å². The molecule has 0 saturated heterocycles. The third-order valence-electron chi connectivity index (χ3n) is 4.68. The van der Waals surface area contributed by atoms with Crippen molar-refractivity contribution in [2.45, 2.75) is 32.6 Å². The van der Waals surface area contributed by atoms with Gasteiger partial charge in [0.1, 0.15) is 23.4 Å². The van der Waals surface area contributed by atoms with Crippen LogP contribution in [0.2, 0.25) is 0 Å². The molecule has 0 aliphatic heterocycles. The van der Waals surface area contributed by atoms with Crippen molar-refractivity contribution in [2.75, 3.05) is 0 Å². The van der Waals surface area contributed by atoms with Gasteiger partial charge in [-0.25, -0.2) is 4.79 Å². The van der Waals surface area contributed by atoms with Crippen molar-refractivity contribution in [3.63, 3.8) is 0 Å². The molecule has 4 nitrogen and oxygen atoms in total. The number of furan rings is 1. The van der Waals surface area contributed by atoms with Crippen LogP contribution in [-0.2, 0) is 6.42 Å². The summed E-state index contributed by atoms with van der Waals surface area (Å²) in [4.78, 5) is 12.4. The summed E-state index contributed by atoms with van der Waals surface area (Å²) in [5, 5.41) is 0. The van der Waals surface area contributed by atoms with E-state index in [0.717, 1.165) is 42.6 Å². The molecule has 0 saturated carbocycles. The smallest absolute Gasteiger partial charge is 0.379 e. The van der Waals surface area contributed by atoms with Crippen LogP contribution in [0, 0.1) is 48.1 Å². The number of rotatable bonds is 8. The summed E-state index contributed by atoms with van der Waals surface area (Å²) in [6, 6.07) is 18.2. The lowest BCUT2D eigenvalue weighted by molar-refractivity contribution is 0.0699. The van der Waals surface area contributed by atoms with E-state index >= 15 is 0 Å². The molecule has 182 valence electrons. The summed E-state index contributed by atoms with van der Waals surface area (Å²) in [5.74, 6) is 16.1. The van der Waals surface area contributed by atoms with Gasteiger partial charge in [-0.1, -0.05) is 44.0 Å². The summed E-state index contributed by atoms with van der Waals surface area (Å²) in [7, 11) is 0. The van der Waals surface area contributed by atoms with Gasteiger partial charge in [0.15, 0.2) is 0 Å². The first-order valence-corrected chi connectivity index (χ1v) is 10.8. The third-order valence-corrected chi connectivity index (χ3v) is 4.68. The molecule has 0 spiro atoms. The number of esters is 1. The van der Waals surface area contributed by atoms with E-state index in [-0.39, 0.29) is 17.2 Å². The Hall–Kier alpha value is -4.77. The Labute approximate surface area is 212 Å². The Kier molecular flexibility index (Phi) is 9.09. The Morgan fingerprint density at radius 1 is 0.853 bits per heavy atom. The molecule has 0 atom stereocenters. The Morgan fingerprint density at radius 2 is 1.50 bits per heavy atom. The SMILES string of the molecule is C#CC#CC#CC#COc1ccc(-c2ccc(OC(=O)c3ccc(CCCCC)o3)cc2)cc1.[HH].[HH].[HH].[HH].[HH].[HH].[HH].[HH]. The molecule has 1 aromatic heterocycles. The Balaban J connectivity index is -0.000000405. The van der Waals surface area contributed by atoms with Crippen molar-refractivity contribution in [3.8, 4) is 70.7 Å². The largest absolute Gasteiger partial charge is 0.454 e. The normalized spacial score (nSPS) is 9.18. The van der Waals surface area contributed by atoms with Gasteiger partial charge in [0.2, 0.25) is 5.76 Å². The molecule has 3 rings (SSSR count). The zero-order chi connectivity index (χ0) is 24.0. The predicted octanol–water partition coefficient (Wildman–Crippen LogP) is 7.85. The van der Waals surface area contributed by atoms with Crippen LogP contribution in [0.1, 0.15) is 53.9 Å². The number of benzene rings is 2. The third kappa shape index (κ3) is 7.43. The molecule has 0 aliphatic carbocycles. The van der Waals surface area contributed by atoms with Gasteiger partial charge in [0.25, 0.3) is 0 Å². The second kappa shape index (κ2) is 12.9. The summed E-state index contributed by atoms with van der Waals surface area (Å²) in [6.07, 6.45) is 11.6. The van der Waals surface area contributed by atoms with E-state index in [9.17, 15) is 4.79 Å². The van der Waals surface area contributed by atoms with Gasteiger partial charge in [-0.2, -0.15) is 0 Å². The highest BCUT2D eigenvalue weighted by atomic mass is 16.5. The summed E-state index contributed by atoms with van der Waals surface area (Å²) >= 11 is 0. The van der Waals surface area contributed by atoms with Gasteiger partial charge in [-0.15, -0.1) is 6.42 Å². The second-order valence-electron chi connectivity index (χ2n) is 7.13. The molecule has 34 heavy (non-hydrogen) atoms. The van der Waals surface area contributed by atoms with Crippen LogP contribution in [-0.4, -0.2) is 5.97 Å². The molecular formula is C30H38O4. The van der Waals surface area contributed by atoms with E-state index in [2.05, 4.69) is 48.6 Å². The first kappa shape index (κ1) is 23.9. The van der Waals surface area contributed by atoms with Crippen LogP contribution in [0.3, 0.4) is 0 Å². The fourth-order valence-electron chi connectivity index (χ4n) is 3.00. The van der Waals surface area contributed by atoms with Crippen LogP contribution < -0.4 is 9.47 Å². The minimum absolute atomic E-state index is 0. The Bertz CT molecular complexity index is 1360. The lowest BCUT2D eigenvalue weighted by Gasteiger charge is -2.06. The molecule has 0 amide bonds. The van der Waals surface area contributed by atoms with Crippen LogP contribution in [0.15, 0.2) is 65.1 Å². The number of hydrogen-bond acceptors (Lipinski definition) is 4. The van der Waals surface area contributed by atoms with Crippen molar-refractivity contribution in [3.05, 3.63) is 72.2 Å². The average Bonchev–Trinajstić information content (AvgIpc) is 3.34. The number of aryl methyl sites for hydroxylation is 1. The van der Waals surface area contributed by atoms with Gasteiger partial charge in [-0.05, 0) is 71.7 Å². The van der Waals surface area contributed by atoms with E-state index in [4.69, 9.17) is 20.3 Å². The van der Waals surface area contributed by atoms with Gasteiger partial charge in [0.05, 0.1) is 0 Å². The quantitative estimate of drug-likeness (QED) is 0.148. The van der Waals surface area contributed by atoms with Gasteiger partial charge >= 0.3 is 5.97 Å². The molecule has 0 fully saturated rings. The molecule has 0 aliphatic rings. The maximum Gasteiger partial charge on any atom is 0.379 e. The van der Waals surface area contributed by atoms with Crippen molar-refractivity contribution in [1.29, 1.82) is 0 Å². The number of ether oxygens (including phenoxy) is 2. The fraction of sp³-hybridized carbons (Fsp3) is 0.167. The molecule has 0 radical (unpaired) electrons. The van der Waals surface area contributed by atoms with E-state index < -0.39 is 5.97 Å². The number of hydrogen-bond donors (Lipinski definition) is 0. The lowest BCUT2D eigenvalue weighted by atomic mass is 10.1. The van der Waals surface area contributed by atoms with E-state index in [0.29, 0.717) is 11.5 Å². The molecule has 3 aromatic rings. The molecule has 2 aromatic carbocycles. The van der Waals surface area contributed by atoms with Crippen molar-refractivity contribution >= 4 is 5.97 Å². The first-order valence-electron chi connectivity index (χ1n) is 10.8. The van der Waals surface area contributed by atoms with E-state index in [1.54, 1.807) is 30.3 Å². The molecular weight excluding hydrogens is 424 g/mol. The minimum Gasteiger partial charge on any atom is -0.454 e. The maximum atomic E-state index is 12.4. The van der Waals surface area contributed by atoms with Gasteiger partial charge in [-0.3, -0.25) is 0 Å². The molecule has 1 heterocycles. The fourth-order valence-corrected chi connectivity index (χ4v) is 3.00. The van der Waals surface area contributed by atoms with Gasteiger partial charge in [0, 0.05) is 35.6 Å². The van der Waals surface area contributed by atoms with E-state index in [1.165, 1.54) is 0 Å². The zero-order valence-electron chi connectivity index (χ0n) is 18.8. The summed E-state index contributed by atoms with van der Waals surface area (Å²) in [6.45, 7) is 2.15. The minimum atomic E-state index is -0.509. The number of carbonyl (C=O) groups excluding carboxylic acids is 1. The molecule has 4 heteroatoms. The highest BCUT2D eigenvalue weighted by Crippen LogP contribution is 2.25. The standard InChI is InChI=1S/C30H22O4.8H2/c1-3-5-7-8-9-11-23-32-26-17-13-24(14-18-26)25-15-19-28(20-16-25)34-30(31)29-22-21-27(33-29)12-10-6-4-2;;;;;;;;/h1,13-22H,4,6,10,12H2,2H3;8*1H. The average molecular weight is 463 g/mol. The summed E-state index contributed by atoms with van der Waals surface area (Å²) in [5.41, 5.74) is 1.94. The van der Waals surface area contributed by atoms with Crippen molar-refractivity contribution < 1.29 is 30.1 Å². The van der Waals surface area contributed by atoms with Crippen LogP contribution >= 0.6 is 0 Å². The highest BCUT2D eigenvalue weighted by molar-refractivity contribution is 5.88. The van der Waals surface area contributed by atoms with Crippen molar-refractivity contribution in [1.82, 2.24) is 0 Å². The Morgan fingerprint density at radius 3 is 2.18 bits per heavy atom. The summed E-state index contributed by atoms with van der Waals surface area (Å²) < 4.78 is 16.4. The topological polar surface area (TPSA) is 48.7 Å². The zero-order valence-corrected chi connectivity index (χ0v) is 18.8. The van der Waals surface area contributed by atoms with Crippen molar-refractivity contribution in [2.24, 2.45) is 0 Å². The number of terminal acetylenes is 1. The van der Waals surface area contributed by atoms with Gasteiger partial charge < -0.3 is 13.9 Å². The first-order chi connectivity index (χ1) is 16.7. The maximum absolute atomic E-state index is 12.4. The second-order valence-corrected chi connectivity index (χ2v) is 7.13. The van der Waals surface area contributed by atoms with Crippen LogP contribution in [0.5, 0.6) is 11.5 Å². The molecule has 0 unspecified atom stereocenters. The number of unbranched alkanes of at least 4 members (excludes halogenated alkanes) is 2. The monoisotopic (exact) mass is 462 g/mol. The lowest BCUT2D eigenvalue weighted by Crippen LogP contribution is -2.07. The molecule has 0 N–H and O–H groups in total.